The van der Waals surface area contributed by atoms with Gasteiger partial charge in [-0.2, -0.15) is 0 Å². The second-order valence-electron chi connectivity index (χ2n) is 6.42. The predicted molar refractivity (Wildman–Crippen MR) is 121 cm³/mol. The highest BCUT2D eigenvalue weighted by atomic mass is 79.9. The average molecular weight is 468 g/mol. The van der Waals surface area contributed by atoms with E-state index in [2.05, 4.69) is 35.4 Å². The lowest BCUT2D eigenvalue weighted by Crippen LogP contribution is -2.32. The number of nitrogens with one attached hydrogen (secondary N) is 1. The minimum Gasteiger partial charge on any atom is -0.490 e. The van der Waals surface area contributed by atoms with Crippen LogP contribution in [0.4, 0.5) is 0 Å². The highest BCUT2D eigenvalue weighted by Crippen LogP contribution is 2.23. The summed E-state index contributed by atoms with van der Waals surface area (Å²) in [7, 11) is 0. The lowest BCUT2D eigenvalue weighted by molar-refractivity contribution is 0.284. The van der Waals surface area contributed by atoms with Crippen molar-refractivity contribution in [2.45, 2.75) is 26.9 Å². The molecule has 0 atom stereocenters. The molecular formula is C21H28BrClN4O. The number of rotatable bonds is 9. The summed E-state index contributed by atoms with van der Waals surface area (Å²) in [5, 5.41) is 9.29. The quantitative estimate of drug-likeness (QED) is 0.501. The molecule has 0 aliphatic carbocycles. The maximum Gasteiger partial charge on any atom is 0.203 e. The van der Waals surface area contributed by atoms with E-state index in [1.165, 1.54) is 0 Å². The molecule has 0 saturated carbocycles. The molecule has 1 N–H and O–H groups in total. The zero-order chi connectivity index (χ0) is 19.2. The minimum absolute atomic E-state index is 0. The maximum absolute atomic E-state index is 8.68. The predicted octanol–water partition coefficient (Wildman–Crippen LogP) is 4.57. The first kappa shape index (κ1) is 22.5. The van der Waals surface area contributed by atoms with Crippen LogP contribution in [0, 0.1) is 5.41 Å². The molecule has 0 saturated heterocycles. The number of benzene rings is 2. The largest absolute Gasteiger partial charge is 0.490 e. The fraction of sp³-hybridized carbons (Fsp3) is 0.381. The molecule has 3 rings (SSSR count). The Morgan fingerprint density at radius 1 is 0.929 bits per heavy atom. The van der Waals surface area contributed by atoms with Crippen molar-refractivity contribution < 1.29 is 4.74 Å². The summed E-state index contributed by atoms with van der Waals surface area (Å²) in [5.74, 6) is 0.677. The molecule has 3 aromatic rings. The Morgan fingerprint density at radius 3 is 2.11 bits per heavy atom. The number of halogens is 2. The number of para-hydroxylation sites is 3. The van der Waals surface area contributed by atoms with Crippen LogP contribution >= 0.6 is 28.6 Å². The number of likely N-dealkylation sites (N-methyl/N-ethyl adjacent to an activating group) is 1. The van der Waals surface area contributed by atoms with Gasteiger partial charge >= 0.3 is 0 Å². The van der Waals surface area contributed by atoms with Crippen molar-refractivity contribution in [2.24, 2.45) is 0 Å². The van der Waals surface area contributed by atoms with E-state index in [1.54, 1.807) is 0 Å². The first-order valence-electron chi connectivity index (χ1n) is 9.48. The van der Waals surface area contributed by atoms with Gasteiger partial charge in [0.2, 0.25) is 5.62 Å². The third kappa shape index (κ3) is 4.99. The molecule has 5 nitrogen and oxygen atoms in total. The van der Waals surface area contributed by atoms with Crippen LogP contribution in [-0.4, -0.2) is 40.3 Å². The molecular weight excluding hydrogens is 440 g/mol. The summed E-state index contributed by atoms with van der Waals surface area (Å²) < 4.78 is 9.93. The van der Waals surface area contributed by atoms with E-state index in [0.717, 1.165) is 37.2 Å². The minimum atomic E-state index is 0. The van der Waals surface area contributed by atoms with Gasteiger partial charge in [0, 0.05) is 13.1 Å². The third-order valence-corrected chi connectivity index (χ3v) is 5.23. The molecule has 2 aromatic carbocycles. The van der Waals surface area contributed by atoms with Crippen LogP contribution in [0.25, 0.3) is 11.0 Å². The fourth-order valence-corrected chi connectivity index (χ4v) is 3.53. The van der Waals surface area contributed by atoms with Gasteiger partial charge < -0.3 is 18.8 Å². The smallest absolute Gasteiger partial charge is 0.203 e. The lowest BCUT2D eigenvalue weighted by Gasteiger charge is -2.18. The van der Waals surface area contributed by atoms with Gasteiger partial charge in [-0.05, 0) is 37.4 Å². The molecule has 0 spiro atoms. The Kier molecular flexibility index (Phi) is 8.60. The van der Waals surface area contributed by atoms with E-state index in [0.29, 0.717) is 29.5 Å². The molecule has 28 heavy (non-hydrogen) atoms. The van der Waals surface area contributed by atoms with Crippen LogP contribution in [0.5, 0.6) is 5.75 Å². The number of hydrogen-bond donors (Lipinski definition) is 1. The Morgan fingerprint density at radius 2 is 1.50 bits per heavy atom. The summed E-state index contributed by atoms with van der Waals surface area (Å²) in [6.07, 6.45) is 0. The van der Waals surface area contributed by atoms with Crippen molar-refractivity contribution in [1.82, 2.24) is 14.0 Å². The van der Waals surface area contributed by atoms with Crippen LogP contribution in [0.1, 0.15) is 13.8 Å². The normalized spacial score (nSPS) is 11.0. The molecule has 0 fully saturated rings. The van der Waals surface area contributed by atoms with Crippen LogP contribution in [-0.2, 0) is 13.1 Å². The van der Waals surface area contributed by atoms with Gasteiger partial charge in [0.15, 0.2) is 0 Å². The van der Waals surface area contributed by atoms with Crippen LogP contribution in [0.3, 0.4) is 0 Å². The first-order valence-corrected chi connectivity index (χ1v) is 9.85. The van der Waals surface area contributed by atoms with Gasteiger partial charge in [-0.25, -0.2) is 0 Å². The van der Waals surface area contributed by atoms with E-state index in [-0.39, 0.29) is 17.0 Å². The third-order valence-electron chi connectivity index (χ3n) is 4.92. The van der Waals surface area contributed by atoms with E-state index in [4.69, 9.17) is 21.7 Å². The zero-order valence-corrected chi connectivity index (χ0v) is 18.9. The van der Waals surface area contributed by atoms with Gasteiger partial charge in [0.1, 0.15) is 12.4 Å². The number of imidazole rings is 1. The monoisotopic (exact) mass is 466 g/mol. The van der Waals surface area contributed by atoms with Crippen LogP contribution in [0.2, 0.25) is 5.02 Å². The van der Waals surface area contributed by atoms with Crippen molar-refractivity contribution in [2.75, 3.05) is 26.2 Å². The molecule has 1 heterocycles. The fourth-order valence-electron chi connectivity index (χ4n) is 3.34. The average Bonchev–Trinajstić information content (AvgIpc) is 2.96. The van der Waals surface area contributed by atoms with Crippen molar-refractivity contribution in [1.29, 1.82) is 5.41 Å². The van der Waals surface area contributed by atoms with E-state index >= 15 is 0 Å². The van der Waals surface area contributed by atoms with Gasteiger partial charge in [-0.1, -0.05) is 49.7 Å². The highest BCUT2D eigenvalue weighted by Gasteiger charge is 2.11. The molecule has 0 bridgehead atoms. The van der Waals surface area contributed by atoms with E-state index in [1.807, 2.05) is 41.0 Å². The van der Waals surface area contributed by atoms with Crippen LogP contribution in [0.15, 0.2) is 48.5 Å². The second-order valence-corrected chi connectivity index (χ2v) is 6.83. The van der Waals surface area contributed by atoms with Gasteiger partial charge in [-0.3, -0.25) is 5.41 Å². The molecule has 7 heteroatoms. The molecule has 0 unspecified atom stereocenters. The topological polar surface area (TPSA) is 46.2 Å². The molecule has 0 aliphatic heterocycles. The van der Waals surface area contributed by atoms with Crippen molar-refractivity contribution in [3.63, 3.8) is 0 Å². The van der Waals surface area contributed by atoms with Crippen molar-refractivity contribution in [3.8, 4) is 5.75 Å². The Balaban J connectivity index is 0.00000280. The van der Waals surface area contributed by atoms with Crippen LogP contribution < -0.4 is 10.4 Å². The number of ether oxygens (including phenoxy) is 1. The van der Waals surface area contributed by atoms with E-state index < -0.39 is 0 Å². The van der Waals surface area contributed by atoms with Gasteiger partial charge in [-0.15, -0.1) is 17.0 Å². The Labute approximate surface area is 181 Å². The molecule has 152 valence electrons. The molecule has 0 radical (unpaired) electrons. The number of hydrogen-bond acceptors (Lipinski definition) is 3. The summed E-state index contributed by atoms with van der Waals surface area (Å²) in [6, 6.07) is 15.7. The van der Waals surface area contributed by atoms with Gasteiger partial charge in [0.25, 0.3) is 0 Å². The second kappa shape index (κ2) is 10.7. The van der Waals surface area contributed by atoms with Gasteiger partial charge in [0.05, 0.1) is 22.6 Å². The Hall–Kier alpha value is -1.76. The molecule has 0 aliphatic rings. The maximum atomic E-state index is 8.68. The molecule has 1 aromatic heterocycles. The molecule has 0 amide bonds. The zero-order valence-electron chi connectivity index (χ0n) is 16.4. The summed E-state index contributed by atoms with van der Waals surface area (Å²) in [4.78, 5) is 2.37. The summed E-state index contributed by atoms with van der Waals surface area (Å²) >= 11 is 6.16. The SMILES string of the molecule is Br.CCN(CC)CCn1c(=N)n(CCOc2ccccc2Cl)c2ccccc21. The number of aromatic nitrogens is 2. The highest BCUT2D eigenvalue weighted by molar-refractivity contribution is 8.93. The summed E-state index contributed by atoms with van der Waals surface area (Å²) in [5.41, 5.74) is 2.66. The van der Waals surface area contributed by atoms with Crippen molar-refractivity contribution in [3.05, 3.63) is 59.2 Å². The standard InChI is InChI=1S/C21H27ClN4O.BrH/c1-3-24(4-2)13-14-25-18-10-6-7-11-19(18)26(21(25)23)15-16-27-20-12-8-5-9-17(20)22;/h5-12,23H,3-4,13-16H2,1-2H3;1H. The first-order chi connectivity index (χ1) is 13.2. The van der Waals surface area contributed by atoms with Crippen molar-refractivity contribution >= 4 is 39.6 Å². The summed E-state index contributed by atoms with van der Waals surface area (Å²) in [6.45, 7) is 9.19. The lowest BCUT2D eigenvalue weighted by atomic mass is 10.3. The Bertz CT molecular complexity index is 949. The van der Waals surface area contributed by atoms with E-state index in [9.17, 15) is 0 Å². The number of nitrogens with zero attached hydrogens (tertiary/aromatic N) is 3. The number of fused-ring (bicyclic) bond motifs is 1.